The van der Waals surface area contributed by atoms with Gasteiger partial charge in [-0.1, -0.05) is 6.07 Å². The van der Waals surface area contributed by atoms with Crippen LogP contribution in [0.3, 0.4) is 0 Å². The van der Waals surface area contributed by atoms with Crippen LogP contribution in [0.5, 0.6) is 11.5 Å². The highest BCUT2D eigenvalue weighted by Gasteiger charge is 2.18. The summed E-state index contributed by atoms with van der Waals surface area (Å²) in [7, 11) is 3.14. The fraction of sp³-hybridized carbons (Fsp3) is 0.364. The highest BCUT2D eigenvalue weighted by Crippen LogP contribution is 2.29. The lowest BCUT2D eigenvalue weighted by molar-refractivity contribution is -0.124. The minimum atomic E-state index is -0.489. The van der Waals surface area contributed by atoms with Crippen molar-refractivity contribution in [1.29, 1.82) is 0 Å². The van der Waals surface area contributed by atoms with Gasteiger partial charge >= 0.3 is 5.97 Å². The zero-order chi connectivity index (χ0) is 20.1. The molecule has 6 heteroatoms. The van der Waals surface area contributed by atoms with Crippen molar-refractivity contribution in [3.63, 3.8) is 0 Å². The minimum absolute atomic E-state index is 0.337. The molecular weight excluding hydrogens is 358 g/mol. The van der Waals surface area contributed by atoms with Crippen LogP contribution in [-0.2, 0) is 22.4 Å². The van der Waals surface area contributed by atoms with Crippen molar-refractivity contribution in [2.24, 2.45) is 0 Å². The molecule has 2 aromatic rings. The van der Waals surface area contributed by atoms with Gasteiger partial charge in [-0.3, -0.25) is 4.79 Å². The summed E-state index contributed by atoms with van der Waals surface area (Å²) in [6, 6.07) is 10.6. The normalized spacial score (nSPS) is 13.4. The Morgan fingerprint density at radius 1 is 1.04 bits per heavy atom. The third-order valence-electron chi connectivity index (χ3n) is 4.95. The fourth-order valence-electron chi connectivity index (χ4n) is 3.45. The van der Waals surface area contributed by atoms with Gasteiger partial charge in [-0.15, -0.1) is 0 Å². The van der Waals surface area contributed by atoms with E-state index in [-0.39, 0.29) is 18.6 Å². The molecule has 0 fully saturated rings. The first-order chi connectivity index (χ1) is 13.5. The largest absolute Gasteiger partial charge is 0.497 e. The minimum Gasteiger partial charge on any atom is -0.497 e. The van der Waals surface area contributed by atoms with Gasteiger partial charge in [-0.05, 0) is 67.6 Å². The van der Waals surface area contributed by atoms with Crippen molar-refractivity contribution in [3.05, 3.63) is 58.7 Å². The fourth-order valence-corrected chi connectivity index (χ4v) is 3.45. The molecule has 0 saturated heterocycles. The van der Waals surface area contributed by atoms with E-state index < -0.39 is 5.97 Å². The van der Waals surface area contributed by atoms with Crippen molar-refractivity contribution in [2.45, 2.75) is 32.2 Å². The van der Waals surface area contributed by atoms with E-state index in [1.807, 2.05) is 19.1 Å². The molecule has 148 valence electrons. The maximum absolute atomic E-state index is 12.2. The highest BCUT2D eigenvalue weighted by molar-refractivity contribution is 5.91. The second-order valence-corrected chi connectivity index (χ2v) is 6.81. The van der Waals surface area contributed by atoms with E-state index in [4.69, 9.17) is 14.2 Å². The van der Waals surface area contributed by atoms with Gasteiger partial charge in [-0.2, -0.15) is 0 Å². The molecule has 6 nitrogen and oxygen atoms in total. The Bertz CT molecular complexity index is 877. The molecule has 0 heterocycles. The first kappa shape index (κ1) is 19.7. The van der Waals surface area contributed by atoms with Gasteiger partial charge < -0.3 is 19.5 Å². The maximum Gasteiger partial charge on any atom is 0.338 e. The molecule has 0 aliphatic heterocycles. The third-order valence-corrected chi connectivity index (χ3v) is 4.95. The zero-order valence-corrected chi connectivity index (χ0v) is 16.4. The lowest BCUT2D eigenvalue weighted by Crippen LogP contribution is -2.31. The predicted molar refractivity (Wildman–Crippen MR) is 105 cm³/mol. The van der Waals surface area contributed by atoms with Crippen LogP contribution in [0.25, 0.3) is 0 Å². The smallest absolute Gasteiger partial charge is 0.338 e. The summed E-state index contributed by atoms with van der Waals surface area (Å²) in [4.78, 5) is 24.5. The van der Waals surface area contributed by atoms with Gasteiger partial charge in [-0.25, -0.2) is 4.79 Å². The second kappa shape index (κ2) is 8.78. The number of methoxy groups -OCH3 is 2. The molecule has 0 radical (unpaired) electrons. The van der Waals surface area contributed by atoms with E-state index in [2.05, 4.69) is 5.32 Å². The lowest BCUT2D eigenvalue weighted by Gasteiger charge is -2.18. The number of ether oxygens (including phenoxy) is 3. The topological polar surface area (TPSA) is 73.9 Å². The van der Waals surface area contributed by atoms with E-state index in [0.29, 0.717) is 17.1 Å². The molecule has 28 heavy (non-hydrogen) atoms. The second-order valence-electron chi connectivity index (χ2n) is 6.81. The molecule has 1 aliphatic rings. The maximum atomic E-state index is 12.2. The number of nitrogens with one attached hydrogen (secondary N) is 1. The van der Waals surface area contributed by atoms with Gasteiger partial charge in [0.05, 0.1) is 25.8 Å². The van der Waals surface area contributed by atoms with E-state index in [1.165, 1.54) is 11.1 Å². The quantitative estimate of drug-likeness (QED) is 0.743. The Morgan fingerprint density at radius 2 is 1.82 bits per heavy atom. The molecule has 0 saturated carbocycles. The lowest BCUT2D eigenvalue weighted by atomic mass is 10.1. The van der Waals surface area contributed by atoms with Gasteiger partial charge in [0.2, 0.25) is 0 Å². The summed E-state index contributed by atoms with van der Waals surface area (Å²) in [5, 5.41) is 2.82. The van der Waals surface area contributed by atoms with Gasteiger partial charge in [0.1, 0.15) is 11.5 Å². The number of esters is 1. The van der Waals surface area contributed by atoms with Crippen molar-refractivity contribution in [2.75, 3.05) is 20.8 Å². The summed E-state index contributed by atoms with van der Waals surface area (Å²) in [5.41, 5.74) is 3.74. The van der Waals surface area contributed by atoms with Crippen molar-refractivity contribution < 1.29 is 23.8 Å². The number of fused-ring (bicyclic) bond motifs is 1. The van der Waals surface area contributed by atoms with Crippen LogP contribution in [0.4, 0.5) is 0 Å². The van der Waals surface area contributed by atoms with Crippen LogP contribution >= 0.6 is 0 Å². The number of carbonyl (C=O) groups excluding carboxylic acids is 2. The number of aryl methyl sites for hydroxylation is 2. The van der Waals surface area contributed by atoms with Crippen molar-refractivity contribution in [1.82, 2.24) is 5.32 Å². The Hall–Kier alpha value is -3.02. The Kier molecular flexibility index (Phi) is 6.19. The average molecular weight is 383 g/mol. The number of hydrogen-bond donors (Lipinski definition) is 1. The van der Waals surface area contributed by atoms with E-state index in [0.717, 1.165) is 24.8 Å². The molecule has 1 aliphatic carbocycles. The molecule has 1 atom stereocenters. The standard InChI is InChI=1S/C22H25NO5/c1-14(19-12-18(26-2)9-10-20(19)27-3)23-21(24)13-28-22(25)17-8-7-15-5-4-6-16(15)11-17/h7-12,14H,4-6,13H2,1-3H3,(H,23,24)/t14-/m1/s1. The molecule has 2 aromatic carbocycles. The van der Waals surface area contributed by atoms with E-state index in [9.17, 15) is 9.59 Å². The highest BCUT2D eigenvalue weighted by atomic mass is 16.5. The van der Waals surface area contributed by atoms with Crippen LogP contribution in [0.2, 0.25) is 0 Å². The van der Waals surface area contributed by atoms with Crippen LogP contribution in [0, 0.1) is 0 Å². The molecule has 0 spiro atoms. The molecule has 1 amide bonds. The van der Waals surface area contributed by atoms with Crippen LogP contribution < -0.4 is 14.8 Å². The summed E-state index contributed by atoms with van der Waals surface area (Å²) < 4.78 is 15.8. The molecule has 0 unspecified atom stereocenters. The predicted octanol–water partition coefficient (Wildman–Crippen LogP) is 3.23. The monoisotopic (exact) mass is 383 g/mol. The summed E-state index contributed by atoms with van der Waals surface area (Å²) in [5.74, 6) is 0.437. The van der Waals surface area contributed by atoms with Crippen LogP contribution in [0.1, 0.15) is 46.4 Å². The first-order valence-corrected chi connectivity index (χ1v) is 9.32. The molecular formula is C22H25NO5. The number of amides is 1. The number of benzene rings is 2. The van der Waals surface area contributed by atoms with Crippen molar-refractivity contribution >= 4 is 11.9 Å². The molecule has 3 rings (SSSR count). The average Bonchev–Trinajstić information content (AvgIpc) is 3.19. The SMILES string of the molecule is COc1ccc(OC)c([C@@H](C)NC(=O)COC(=O)c2ccc3c(c2)CCC3)c1. The van der Waals surface area contributed by atoms with E-state index in [1.54, 1.807) is 38.5 Å². The van der Waals surface area contributed by atoms with Crippen LogP contribution in [0.15, 0.2) is 36.4 Å². The zero-order valence-electron chi connectivity index (χ0n) is 16.4. The molecule has 0 bridgehead atoms. The summed E-state index contributed by atoms with van der Waals surface area (Å²) in [6.45, 7) is 1.49. The van der Waals surface area contributed by atoms with Gasteiger partial charge in [0.15, 0.2) is 6.61 Å². The van der Waals surface area contributed by atoms with Crippen LogP contribution in [-0.4, -0.2) is 32.7 Å². The third kappa shape index (κ3) is 4.44. The Morgan fingerprint density at radius 3 is 2.57 bits per heavy atom. The molecule has 1 N–H and O–H groups in total. The summed E-state index contributed by atoms with van der Waals surface area (Å²) >= 11 is 0. The van der Waals surface area contributed by atoms with Gasteiger partial charge in [0, 0.05) is 5.56 Å². The number of rotatable bonds is 7. The molecule has 0 aromatic heterocycles. The number of carbonyl (C=O) groups is 2. The van der Waals surface area contributed by atoms with Gasteiger partial charge in [0.25, 0.3) is 5.91 Å². The Balaban J connectivity index is 1.57. The number of hydrogen-bond acceptors (Lipinski definition) is 5. The van der Waals surface area contributed by atoms with Crippen molar-refractivity contribution in [3.8, 4) is 11.5 Å². The first-order valence-electron chi connectivity index (χ1n) is 9.32. The summed E-state index contributed by atoms with van der Waals surface area (Å²) in [6.07, 6.45) is 3.15. The Labute approximate surface area is 164 Å². The van der Waals surface area contributed by atoms with E-state index >= 15 is 0 Å².